The van der Waals surface area contributed by atoms with Crippen molar-refractivity contribution < 1.29 is 23.2 Å². The molecule has 2 heterocycles. The zero-order valence-corrected chi connectivity index (χ0v) is 17.2. The first kappa shape index (κ1) is 21.8. The Labute approximate surface area is 185 Å². The maximum Gasteiger partial charge on any atom is 0.296 e. The molecule has 0 atom stereocenters. The van der Waals surface area contributed by atoms with Gasteiger partial charge in [-0.1, -0.05) is 30.3 Å². The van der Waals surface area contributed by atoms with Gasteiger partial charge in [0, 0.05) is 5.56 Å². The van der Waals surface area contributed by atoms with E-state index in [4.69, 9.17) is 4.74 Å². The third kappa shape index (κ3) is 4.33. The SMILES string of the molecule is CCOc1ccc(NC(=O)c2cnn3c(C(F)F)cc(-c4ccccc4)nc23)c([N+](=O)[O-])c1. The highest BCUT2D eigenvalue weighted by atomic mass is 19.3. The summed E-state index contributed by atoms with van der Waals surface area (Å²) in [6.45, 7) is 2.05. The van der Waals surface area contributed by atoms with Crippen LogP contribution in [0.5, 0.6) is 5.75 Å². The predicted molar refractivity (Wildman–Crippen MR) is 116 cm³/mol. The molecule has 1 N–H and O–H groups in total. The van der Waals surface area contributed by atoms with E-state index in [2.05, 4.69) is 15.4 Å². The van der Waals surface area contributed by atoms with Crippen molar-refractivity contribution >= 4 is 22.9 Å². The van der Waals surface area contributed by atoms with Crippen molar-refractivity contribution in [3.63, 3.8) is 0 Å². The van der Waals surface area contributed by atoms with Gasteiger partial charge in [-0.3, -0.25) is 14.9 Å². The van der Waals surface area contributed by atoms with Crippen molar-refractivity contribution in [2.45, 2.75) is 13.3 Å². The number of nitro benzene ring substituents is 1. The van der Waals surface area contributed by atoms with Crippen LogP contribution in [0.25, 0.3) is 16.9 Å². The maximum absolute atomic E-state index is 13.7. The van der Waals surface area contributed by atoms with Gasteiger partial charge in [-0.05, 0) is 25.1 Å². The van der Waals surface area contributed by atoms with Crippen molar-refractivity contribution in [2.24, 2.45) is 0 Å². The summed E-state index contributed by atoms with van der Waals surface area (Å²) >= 11 is 0. The van der Waals surface area contributed by atoms with E-state index in [0.717, 1.165) is 10.7 Å². The molecule has 2 aromatic heterocycles. The minimum Gasteiger partial charge on any atom is -0.494 e. The van der Waals surface area contributed by atoms with Gasteiger partial charge in [-0.15, -0.1) is 0 Å². The van der Waals surface area contributed by atoms with Gasteiger partial charge in [0.05, 0.1) is 29.5 Å². The van der Waals surface area contributed by atoms with Crippen LogP contribution in [0.1, 0.15) is 29.4 Å². The van der Waals surface area contributed by atoms with Gasteiger partial charge in [0.15, 0.2) is 5.65 Å². The zero-order chi connectivity index (χ0) is 23.5. The van der Waals surface area contributed by atoms with Crippen molar-refractivity contribution in [3.8, 4) is 17.0 Å². The number of carbonyl (C=O) groups excluding carboxylic acids is 1. The van der Waals surface area contributed by atoms with Gasteiger partial charge in [-0.2, -0.15) is 5.10 Å². The van der Waals surface area contributed by atoms with Gasteiger partial charge >= 0.3 is 0 Å². The molecule has 0 aliphatic carbocycles. The minimum absolute atomic E-state index is 0.0823. The highest BCUT2D eigenvalue weighted by molar-refractivity contribution is 6.09. The zero-order valence-electron chi connectivity index (χ0n) is 17.2. The second-order valence-corrected chi connectivity index (χ2v) is 6.85. The molecule has 168 valence electrons. The van der Waals surface area contributed by atoms with Gasteiger partial charge in [0.1, 0.15) is 22.7 Å². The maximum atomic E-state index is 13.7. The number of nitrogens with zero attached hydrogens (tertiary/aromatic N) is 4. The lowest BCUT2D eigenvalue weighted by atomic mass is 10.1. The van der Waals surface area contributed by atoms with E-state index in [9.17, 15) is 23.7 Å². The second kappa shape index (κ2) is 8.99. The third-order valence-corrected chi connectivity index (χ3v) is 4.76. The van der Waals surface area contributed by atoms with E-state index in [-0.39, 0.29) is 34.0 Å². The van der Waals surface area contributed by atoms with Crippen molar-refractivity contribution in [1.82, 2.24) is 14.6 Å². The summed E-state index contributed by atoms with van der Waals surface area (Å²) in [7, 11) is 0. The summed E-state index contributed by atoms with van der Waals surface area (Å²) in [5.74, 6) is -0.510. The Morgan fingerprint density at radius 2 is 1.97 bits per heavy atom. The summed E-state index contributed by atoms with van der Waals surface area (Å²) in [6.07, 6.45) is -1.78. The standard InChI is InChI=1S/C22H17F2N5O4/c1-2-33-14-8-9-16(18(10-14)29(31)32)27-22(30)15-12-25-28-19(20(23)24)11-17(26-21(15)28)13-6-4-3-5-7-13/h3-12,20H,2H2,1H3,(H,27,30). The number of rotatable bonds is 7. The average molecular weight is 453 g/mol. The smallest absolute Gasteiger partial charge is 0.296 e. The van der Waals surface area contributed by atoms with Crippen molar-refractivity contribution in [1.29, 1.82) is 0 Å². The monoisotopic (exact) mass is 453 g/mol. The average Bonchev–Trinajstić information content (AvgIpc) is 3.24. The van der Waals surface area contributed by atoms with E-state index in [1.807, 2.05) is 0 Å². The normalized spacial score (nSPS) is 11.0. The largest absolute Gasteiger partial charge is 0.494 e. The van der Waals surface area contributed by atoms with Crippen LogP contribution < -0.4 is 10.1 Å². The highest BCUT2D eigenvalue weighted by Crippen LogP contribution is 2.31. The number of aromatic nitrogens is 3. The number of carbonyl (C=O) groups is 1. The fourth-order valence-electron chi connectivity index (χ4n) is 3.27. The Morgan fingerprint density at radius 3 is 2.64 bits per heavy atom. The summed E-state index contributed by atoms with van der Waals surface area (Å²) in [5.41, 5.74) is -0.296. The van der Waals surface area contributed by atoms with E-state index < -0.39 is 22.9 Å². The third-order valence-electron chi connectivity index (χ3n) is 4.76. The molecule has 0 unspecified atom stereocenters. The number of benzene rings is 2. The highest BCUT2D eigenvalue weighted by Gasteiger charge is 2.24. The molecule has 0 saturated carbocycles. The first-order valence-electron chi connectivity index (χ1n) is 9.84. The molecule has 2 aromatic carbocycles. The number of fused-ring (bicyclic) bond motifs is 1. The van der Waals surface area contributed by atoms with E-state index >= 15 is 0 Å². The summed E-state index contributed by atoms with van der Waals surface area (Å²) in [5, 5.41) is 17.8. The van der Waals surface area contributed by atoms with Gasteiger partial charge in [0.2, 0.25) is 0 Å². The van der Waals surface area contributed by atoms with Gasteiger partial charge < -0.3 is 10.1 Å². The van der Waals surface area contributed by atoms with E-state index in [0.29, 0.717) is 12.2 Å². The first-order valence-corrected chi connectivity index (χ1v) is 9.84. The molecular weight excluding hydrogens is 436 g/mol. The molecule has 4 rings (SSSR count). The molecule has 0 aliphatic heterocycles. The summed E-state index contributed by atoms with van der Waals surface area (Å²) < 4.78 is 33.6. The number of hydrogen-bond donors (Lipinski definition) is 1. The molecule has 0 radical (unpaired) electrons. The lowest BCUT2D eigenvalue weighted by Crippen LogP contribution is -2.14. The molecule has 0 fully saturated rings. The Balaban J connectivity index is 1.77. The molecular formula is C22H17F2N5O4. The van der Waals surface area contributed by atoms with Gasteiger partial charge in [0.25, 0.3) is 18.0 Å². The Kier molecular flexibility index (Phi) is 5.94. The quantitative estimate of drug-likeness (QED) is 0.315. The summed E-state index contributed by atoms with van der Waals surface area (Å²) in [4.78, 5) is 28.1. The molecule has 4 aromatic rings. The number of amides is 1. The number of halogens is 2. The van der Waals surface area contributed by atoms with E-state index in [1.165, 1.54) is 24.3 Å². The Bertz CT molecular complexity index is 1340. The van der Waals surface area contributed by atoms with Crippen LogP contribution in [0.2, 0.25) is 0 Å². The molecule has 1 amide bonds. The summed E-state index contributed by atoms with van der Waals surface area (Å²) in [6, 6.07) is 13.9. The minimum atomic E-state index is -2.87. The Morgan fingerprint density at radius 1 is 1.21 bits per heavy atom. The molecule has 9 nitrogen and oxygen atoms in total. The fourth-order valence-corrected chi connectivity index (χ4v) is 3.27. The topological polar surface area (TPSA) is 112 Å². The molecule has 0 spiro atoms. The number of alkyl halides is 2. The van der Waals surface area contributed by atoms with E-state index in [1.54, 1.807) is 37.3 Å². The number of nitrogens with one attached hydrogen (secondary N) is 1. The fraction of sp³-hybridized carbons (Fsp3) is 0.136. The number of hydrogen-bond acceptors (Lipinski definition) is 6. The second-order valence-electron chi connectivity index (χ2n) is 6.85. The van der Waals surface area contributed by atoms with Gasteiger partial charge in [-0.25, -0.2) is 18.3 Å². The van der Waals surface area contributed by atoms with Crippen LogP contribution in [-0.2, 0) is 0 Å². The first-order chi connectivity index (χ1) is 15.9. The van der Waals surface area contributed by atoms with Crippen LogP contribution in [0, 0.1) is 10.1 Å². The number of nitro groups is 1. The van der Waals surface area contributed by atoms with Crippen LogP contribution >= 0.6 is 0 Å². The number of anilines is 1. The molecule has 11 heteroatoms. The van der Waals surface area contributed by atoms with Crippen LogP contribution in [0.4, 0.5) is 20.2 Å². The van der Waals surface area contributed by atoms with Crippen LogP contribution in [0.3, 0.4) is 0 Å². The van der Waals surface area contributed by atoms with Crippen LogP contribution in [-0.4, -0.2) is 32.0 Å². The molecule has 0 saturated heterocycles. The lowest BCUT2D eigenvalue weighted by Gasteiger charge is -2.09. The molecule has 33 heavy (non-hydrogen) atoms. The molecule has 0 bridgehead atoms. The van der Waals surface area contributed by atoms with Crippen molar-refractivity contribution in [2.75, 3.05) is 11.9 Å². The van der Waals surface area contributed by atoms with Crippen LogP contribution in [0.15, 0.2) is 60.8 Å². The predicted octanol–water partition coefficient (Wildman–Crippen LogP) is 4.89. The van der Waals surface area contributed by atoms with Crippen molar-refractivity contribution in [3.05, 3.63) is 82.2 Å². The Hall–Kier alpha value is -4.41. The lowest BCUT2D eigenvalue weighted by molar-refractivity contribution is -0.384. The number of ether oxygens (including phenoxy) is 1. The molecule has 0 aliphatic rings.